The molecule has 0 fully saturated rings. The van der Waals surface area contributed by atoms with Gasteiger partial charge in [-0.15, -0.1) is 0 Å². The molecule has 0 aliphatic carbocycles. The molecule has 3 aromatic carbocycles. The molecule has 9 heteroatoms. The van der Waals surface area contributed by atoms with E-state index in [0.29, 0.717) is 17.2 Å². The third-order valence-corrected chi connectivity index (χ3v) is 6.04. The smallest absolute Gasteiger partial charge is 0.263 e. The molecule has 0 saturated carbocycles. The minimum atomic E-state index is -4.08. The maximum atomic E-state index is 12.9. The van der Waals surface area contributed by atoms with E-state index in [4.69, 9.17) is 21.1 Å². The van der Waals surface area contributed by atoms with E-state index in [1.807, 2.05) is 0 Å². The third kappa shape index (κ3) is 4.67. The molecule has 1 amide bonds. The highest BCUT2D eigenvalue weighted by Crippen LogP contribution is 2.30. The van der Waals surface area contributed by atoms with Gasteiger partial charge in [0.15, 0.2) is 0 Å². The lowest BCUT2D eigenvalue weighted by Gasteiger charge is -2.14. The molecule has 156 valence electrons. The van der Waals surface area contributed by atoms with Gasteiger partial charge in [0.1, 0.15) is 16.4 Å². The summed E-state index contributed by atoms with van der Waals surface area (Å²) in [4.78, 5) is 12.5. The van der Waals surface area contributed by atoms with Gasteiger partial charge in [0.2, 0.25) is 0 Å². The summed E-state index contributed by atoms with van der Waals surface area (Å²) in [5.74, 6) is 0.317. The highest BCUT2D eigenvalue weighted by atomic mass is 35.5. The molecule has 0 atom stereocenters. The van der Waals surface area contributed by atoms with Gasteiger partial charge in [0.05, 0.1) is 30.6 Å². The third-order valence-electron chi connectivity index (χ3n) is 4.19. The molecule has 30 heavy (non-hydrogen) atoms. The number of halogens is 1. The average Bonchev–Trinajstić information content (AvgIpc) is 2.74. The molecule has 0 aromatic heterocycles. The Morgan fingerprint density at radius 1 is 0.867 bits per heavy atom. The second-order valence-electron chi connectivity index (χ2n) is 6.11. The molecular weight excluding hydrogens is 428 g/mol. The van der Waals surface area contributed by atoms with E-state index in [0.717, 1.165) is 0 Å². The van der Waals surface area contributed by atoms with Crippen LogP contribution in [0.2, 0.25) is 5.02 Å². The second-order valence-corrected chi connectivity index (χ2v) is 8.16. The predicted molar refractivity (Wildman–Crippen MR) is 116 cm³/mol. The van der Waals surface area contributed by atoms with Gasteiger partial charge in [0, 0.05) is 5.56 Å². The van der Waals surface area contributed by atoms with Gasteiger partial charge in [-0.3, -0.25) is 9.52 Å². The zero-order valence-corrected chi connectivity index (χ0v) is 17.8. The predicted octanol–water partition coefficient (Wildman–Crippen LogP) is 4.41. The normalized spacial score (nSPS) is 10.9. The Hall–Kier alpha value is -3.23. The summed E-state index contributed by atoms with van der Waals surface area (Å²) in [5, 5.41) is 2.68. The van der Waals surface area contributed by atoms with Crippen molar-refractivity contribution in [2.45, 2.75) is 4.90 Å². The number of carbonyl (C=O) groups excluding carboxylic acids is 1. The van der Waals surface area contributed by atoms with Crippen molar-refractivity contribution in [2.24, 2.45) is 0 Å². The molecule has 3 rings (SSSR count). The number of sulfonamides is 1. The zero-order chi connectivity index (χ0) is 21.7. The Bertz CT molecular complexity index is 1180. The summed E-state index contributed by atoms with van der Waals surface area (Å²) < 4.78 is 38.7. The van der Waals surface area contributed by atoms with E-state index < -0.39 is 15.9 Å². The topological polar surface area (TPSA) is 93.7 Å². The van der Waals surface area contributed by atoms with Gasteiger partial charge in [-0.25, -0.2) is 8.42 Å². The second kappa shape index (κ2) is 9.06. The fourth-order valence-corrected chi connectivity index (χ4v) is 4.32. The number of rotatable bonds is 7. The fourth-order valence-electron chi connectivity index (χ4n) is 2.72. The summed E-state index contributed by atoms with van der Waals surface area (Å²) in [6.45, 7) is 0. The maximum Gasteiger partial charge on any atom is 0.263 e. The van der Waals surface area contributed by atoms with E-state index in [2.05, 4.69) is 10.0 Å². The molecule has 0 radical (unpaired) electrons. The number of para-hydroxylation sites is 4. The first-order valence-electron chi connectivity index (χ1n) is 8.75. The molecule has 2 N–H and O–H groups in total. The number of methoxy groups -OCH3 is 2. The molecule has 0 spiro atoms. The van der Waals surface area contributed by atoms with Crippen molar-refractivity contribution in [3.05, 3.63) is 77.3 Å². The van der Waals surface area contributed by atoms with Crippen LogP contribution in [0.25, 0.3) is 0 Å². The van der Waals surface area contributed by atoms with Crippen LogP contribution in [0.3, 0.4) is 0 Å². The Morgan fingerprint density at radius 2 is 1.43 bits per heavy atom. The highest BCUT2D eigenvalue weighted by molar-refractivity contribution is 7.92. The number of benzene rings is 3. The molecule has 3 aromatic rings. The van der Waals surface area contributed by atoms with Crippen LogP contribution in [0.15, 0.2) is 71.6 Å². The number of nitrogens with one attached hydrogen (secondary N) is 2. The average molecular weight is 447 g/mol. The number of ether oxygens (including phenoxy) is 2. The molecule has 7 nitrogen and oxygen atoms in total. The summed E-state index contributed by atoms with van der Waals surface area (Å²) in [5.41, 5.74) is 0.821. The molecule has 0 saturated heterocycles. The zero-order valence-electron chi connectivity index (χ0n) is 16.2. The highest BCUT2D eigenvalue weighted by Gasteiger charge is 2.22. The first kappa shape index (κ1) is 21.5. The van der Waals surface area contributed by atoms with E-state index in [1.54, 1.807) is 48.5 Å². The van der Waals surface area contributed by atoms with E-state index in [1.165, 1.54) is 32.4 Å². The fraction of sp³-hybridized carbons (Fsp3) is 0.0952. The number of hydrogen-bond acceptors (Lipinski definition) is 5. The largest absolute Gasteiger partial charge is 0.495 e. The van der Waals surface area contributed by atoms with Crippen molar-refractivity contribution < 1.29 is 22.7 Å². The quantitative estimate of drug-likeness (QED) is 0.560. The first-order chi connectivity index (χ1) is 14.4. The summed E-state index contributed by atoms with van der Waals surface area (Å²) >= 11 is 6.13. The lowest BCUT2D eigenvalue weighted by atomic mass is 10.2. The molecule has 0 heterocycles. The lowest BCUT2D eigenvalue weighted by Crippen LogP contribution is -2.17. The lowest BCUT2D eigenvalue weighted by molar-refractivity contribution is 0.102. The maximum absolute atomic E-state index is 12.9. The van der Waals surface area contributed by atoms with Crippen LogP contribution in [-0.4, -0.2) is 28.5 Å². The van der Waals surface area contributed by atoms with Crippen molar-refractivity contribution in [2.75, 3.05) is 24.3 Å². The monoisotopic (exact) mass is 446 g/mol. The van der Waals surface area contributed by atoms with Crippen molar-refractivity contribution in [3.8, 4) is 11.5 Å². The summed E-state index contributed by atoms with van der Waals surface area (Å²) in [7, 11) is -1.16. The van der Waals surface area contributed by atoms with Gasteiger partial charge < -0.3 is 14.8 Å². The molecule has 0 aliphatic heterocycles. The minimum absolute atomic E-state index is 0.0220. The molecule has 0 bridgehead atoms. The van der Waals surface area contributed by atoms with Crippen LogP contribution in [-0.2, 0) is 10.0 Å². The van der Waals surface area contributed by atoms with Crippen LogP contribution in [0.1, 0.15) is 10.4 Å². The van der Waals surface area contributed by atoms with Gasteiger partial charge in [-0.1, -0.05) is 35.9 Å². The van der Waals surface area contributed by atoms with Crippen molar-refractivity contribution in [1.29, 1.82) is 0 Å². The molecular formula is C21H19ClN2O5S. The van der Waals surface area contributed by atoms with Crippen LogP contribution >= 0.6 is 11.6 Å². The van der Waals surface area contributed by atoms with Crippen LogP contribution in [0.4, 0.5) is 11.4 Å². The summed E-state index contributed by atoms with van der Waals surface area (Å²) in [6, 6.07) is 17.5. The number of hydrogen-bond donors (Lipinski definition) is 2. The van der Waals surface area contributed by atoms with Crippen molar-refractivity contribution >= 4 is 38.9 Å². The Kier molecular flexibility index (Phi) is 6.49. The SMILES string of the molecule is COc1ccccc1NC(=O)c1ccc(Cl)c(S(=O)(=O)Nc2ccccc2OC)c1. The summed E-state index contributed by atoms with van der Waals surface area (Å²) in [6.07, 6.45) is 0. The number of carbonyl (C=O) groups is 1. The van der Waals surface area contributed by atoms with Crippen LogP contribution in [0.5, 0.6) is 11.5 Å². The van der Waals surface area contributed by atoms with Crippen LogP contribution in [0, 0.1) is 0 Å². The van der Waals surface area contributed by atoms with Gasteiger partial charge in [-0.05, 0) is 42.5 Å². The Balaban J connectivity index is 1.91. The van der Waals surface area contributed by atoms with E-state index >= 15 is 0 Å². The number of amides is 1. The Labute approximate surface area is 179 Å². The van der Waals surface area contributed by atoms with Gasteiger partial charge in [0.25, 0.3) is 15.9 Å². The van der Waals surface area contributed by atoms with Crippen LogP contribution < -0.4 is 19.5 Å². The van der Waals surface area contributed by atoms with Crippen molar-refractivity contribution in [3.63, 3.8) is 0 Å². The molecule has 0 unspecified atom stereocenters. The van der Waals surface area contributed by atoms with Gasteiger partial charge >= 0.3 is 0 Å². The Morgan fingerprint density at radius 3 is 2.07 bits per heavy atom. The van der Waals surface area contributed by atoms with E-state index in [-0.39, 0.29) is 21.2 Å². The van der Waals surface area contributed by atoms with E-state index in [9.17, 15) is 13.2 Å². The van der Waals surface area contributed by atoms with Gasteiger partial charge in [-0.2, -0.15) is 0 Å². The molecule has 0 aliphatic rings. The van der Waals surface area contributed by atoms with Crippen molar-refractivity contribution in [1.82, 2.24) is 0 Å². The number of anilines is 2. The first-order valence-corrected chi connectivity index (χ1v) is 10.6. The minimum Gasteiger partial charge on any atom is -0.495 e. The standard InChI is InChI=1S/C21H19ClN2O5S/c1-28-18-9-5-3-7-16(18)23-21(25)14-11-12-15(22)20(13-14)30(26,27)24-17-8-4-6-10-19(17)29-2/h3-13,24H,1-2H3,(H,23,25).